The van der Waals surface area contributed by atoms with Crippen molar-refractivity contribution in [3.8, 4) is 17.2 Å². The summed E-state index contributed by atoms with van der Waals surface area (Å²) in [4.78, 5) is 43.1. The van der Waals surface area contributed by atoms with Crippen LogP contribution in [-0.4, -0.2) is 40.4 Å². The molecule has 0 saturated heterocycles. The van der Waals surface area contributed by atoms with Crippen molar-refractivity contribution in [2.75, 3.05) is 20.3 Å². The minimum absolute atomic E-state index is 0.0179. The fourth-order valence-electron chi connectivity index (χ4n) is 4.89. The van der Waals surface area contributed by atoms with E-state index in [1.54, 1.807) is 50.4 Å². The Morgan fingerprint density at radius 1 is 1.16 bits per heavy atom. The number of nitro benzene ring substituents is 1. The molecule has 4 aromatic rings. The summed E-state index contributed by atoms with van der Waals surface area (Å²) in [5.41, 5.74) is 2.28. The zero-order valence-electron chi connectivity index (χ0n) is 23.7. The third-order valence-electron chi connectivity index (χ3n) is 6.79. The number of rotatable bonds is 9. The Kier molecular flexibility index (Phi) is 8.64. The van der Waals surface area contributed by atoms with E-state index in [1.165, 1.54) is 35.1 Å². The Balaban J connectivity index is 1.70. The summed E-state index contributed by atoms with van der Waals surface area (Å²) in [6, 6.07) is 12.4. The van der Waals surface area contributed by atoms with Crippen molar-refractivity contribution in [2.24, 2.45) is 4.99 Å². The second-order valence-corrected chi connectivity index (χ2v) is 11.2. The summed E-state index contributed by atoms with van der Waals surface area (Å²) >= 11 is 4.82. The maximum Gasteiger partial charge on any atom is 0.338 e. The highest BCUT2D eigenvalue weighted by molar-refractivity contribution is 9.10. The van der Waals surface area contributed by atoms with Gasteiger partial charge in [0, 0.05) is 34.2 Å². The average Bonchev–Trinajstić information content (AvgIpc) is 3.56. The van der Waals surface area contributed by atoms with Crippen molar-refractivity contribution in [3.05, 3.63) is 112 Å². The lowest BCUT2D eigenvalue weighted by Gasteiger charge is -2.26. The van der Waals surface area contributed by atoms with Gasteiger partial charge in [-0.1, -0.05) is 27.3 Å². The molecule has 3 heterocycles. The zero-order valence-corrected chi connectivity index (χ0v) is 26.1. The molecule has 0 N–H and O–H groups in total. The number of carbonyl (C=O) groups is 1. The fourth-order valence-corrected chi connectivity index (χ4v) is 6.46. The molecule has 1 aliphatic heterocycles. The van der Waals surface area contributed by atoms with Crippen LogP contribution in [0.15, 0.2) is 80.3 Å². The number of carbonyl (C=O) groups excluding carboxylic acids is 1. The third kappa shape index (κ3) is 5.65. The number of benzene rings is 2. The van der Waals surface area contributed by atoms with Crippen LogP contribution >= 0.6 is 27.3 Å². The number of allylic oxidation sites excluding steroid dienone is 1. The molecule has 11 nitrogen and oxygen atoms in total. The maximum atomic E-state index is 14.1. The SMILES string of the molecule is CCOC(=O)C1=C(C)N=c2s/c(=C/c3cccn3-c3ccc([N+](=O)[O-])cc3)c(=O)n2[C@@H]1c1cc(OC)c(OCC)cc1Br. The van der Waals surface area contributed by atoms with Crippen LogP contribution in [0.25, 0.3) is 11.8 Å². The monoisotopic (exact) mass is 666 g/mol. The molecule has 0 amide bonds. The van der Waals surface area contributed by atoms with Gasteiger partial charge in [-0.15, -0.1) is 0 Å². The molecule has 0 fully saturated rings. The molecule has 0 unspecified atom stereocenters. The lowest BCUT2D eigenvalue weighted by Crippen LogP contribution is -2.40. The Morgan fingerprint density at radius 3 is 2.56 bits per heavy atom. The van der Waals surface area contributed by atoms with E-state index >= 15 is 0 Å². The second-order valence-electron chi connectivity index (χ2n) is 9.34. The Hall–Kier alpha value is -4.49. The van der Waals surface area contributed by atoms with E-state index in [2.05, 4.69) is 20.9 Å². The van der Waals surface area contributed by atoms with Gasteiger partial charge in [0.2, 0.25) is 0 Å². The van der Waals surface area contributed by atoms with Gasteiger partial charge in [0.05, 0.1) is 47.1 Å². The van der Waals surface area contributed by atoms with E-state index in [9.17, 15) is 19.7 Å². The lowest BCUT2D eigenvalue weighted by atomic mass is 9.95. The summed E-state index contributed by atoms with van der Waals surface area (Å²) < 4.78 is 21.0. The van der Waals surface area contributed by atoms with Crippen LogP contribution in [0.1, 0.15) is 38.1 Å². The van der Waals surface area contributed by atoms with Crippen LogP contribution in [0.5, 0.6) is 11.5 Å². The van der Waals surface area contributed by atoms with Crippen molar-refractivity contribution in [1.82, 2.24) is 9.13 Å². The number of hydrogen-bond donors (Lipinski definition) is 0. The van der Waals surface area contributed by atoms with Crippen molar-refractivity contribution in [2.45, 2.75) is 26.8 Å². The highest BCUT2D eigenvalue weighted by atomic mass is 79.9. The quantitative estimate of drug-likeness (QED) is 0.144. The van der Waals surface area contributed by atoms with E-state index < -0.39 is 16.9 Å². The van der Waals surface area contributed by atoms with E-state index in [4.69, 9.17) is 14.2 Å². The highest BCUT2D eigenvalue weighted by Crippen LogP contribution is 2.41. The number of halogens is 1. The van der Waals surface area contributed by atoms with E-state index in [-0.39, 0.29) is 23.4 Å². The molecule has 13 heteroatoms. The maximum absolute atomic E-state index is 14.1. The number of nitro groups is 1. The Labute approximate surface area is 258 Å². The number of aromatic nitrogens is 2. The highest BCUT2D eigenvalue weighted by Gasteiger charge is 2.35. The minimum atomic E-state index is -0.863. The number of ether oxygens (including phenoxy) is 3. The smallest absolute Gasteiger partial charge is 0.338 e. The van der Waals surface area contributed by atoms with Gasteiger partial charge in [-0.2, -0.15) is 0 Å². The topological polar surface area (TPSA) is 127 Å². The molecule has 5 rings (SSSR count). The molecule has 2 aromatic heterocycles. The van der Waals surface area contributed by atoms with Crippen LogP contribution in [0.3, 0.4) is 0 Å². The molecular formula is C30H27BrN4O7S. The first-order valence-corrected chi connectivity index (χ1v) is 14.9. The number of esters is 1. The predicted octanol–water partition coefficient (Wildman–Crippen LogP) is 4.67. The van der Waals surface area contributed by atoms with Gasteiger partial charge < -0.3 is 18.8 Å². The largest absolute Gasteiger partial charge is 0.493 e. The predicted molar refractivity (Wildman–Crippen MR) is 165 cm³/mol. The number of non-ortho nitro benzene ring substituents is 1. The lowest BCUT2D eigenvalue weighted by molar-refractivity contribution is -0.384. The molecule has 0 aliphatic carbocycles. The van der Waals surface area contributed by atoms with Gasteiger partial charge in [0.15, 0.2) is 16.3 Å². The van der Waals surface area contributed by atoms with Crippen LogP contribution < -0.4 is 24.4 Å². The molecular weight excluding hydrogens is 640 g/mol. The molecule has 1 atom stereocenters. The fraction of sp³-hybridized carbons (Fsp3) is 0.233. The van der Waals surface area contributed by atoms with Crippen LogP contribution in [0.4, 0.5) is 5.69 Å². The molecule has 0 bridgehead atoms. The molecule has 0 saturated carbocycles. The first-order chi connectivity index (χ1) is 20.7. The second kappa shape index (κ2) is 12.4. The van der Waals surface area contributed by atoms with Crippen molar-refractivity contribution in [3.63, 3.8) is 0 Å². The summed E-state index contributed by atoms with van der Waals surface area (Å²) in [6.45, 7) is 5.87. The molecule has 43 heavy (non-hydrogen) atoms. The number of fused-ring (bicyclic) bond motifs is 1. The zero-order chi connectivity index (χ0) is 30.8. The summed E-state index contributed by atoms with van der Waals surface area (Å²) in [6.07, 6.45) is 3.54. The van der Waals surface area contributed by atoms with Crippen LogP contribution in [0.2, 0.25) is 0 Å². The van der Waals surface area contributed by atoms with Crippen molar-refractivity contribution < 1.29 is 23.9 Å². The molecule has 222 valence electrons. The van der Waals surface area contributed by atoms with Gasteiger partial charge in [-0.3, -0.25) is 19.5 Å². The van der Waals surface area contributed by atoms with Gasteiger partial charge in [0.25, 0.3) is 11.2 Å². The van der Waals surface area contributed by atoms with Gasteiger partial charge >= 0.3 is 5.97 Å². The standard InChI is InChI=1S/C30H27BrN4O7S/c1-5-41-24-16-22(31)21(15-23(24)40-4)27-26(29(37)42-6-2)17(3)32-30-34(27)28(36)25(43-30)14-20-8-7-13-33(20)18-9-11-19(12-10-18)35(38)39/h7-16,27H,5-6H2,1-4H3/b25-14+/t27-/m1/s1. The minimum Gasteiger partial charge on any atom is -0.493 e. The summed E-state index contributed by atoms with van der Waals surface area (Å²) in [7, 11) is 1.52. The van der Waals surface area contributed by atoms with Crippen molar-refractivity contribution >= 4 is 45.0 Å². The molecule has 0 spiro atoms. The number of thiazole rings is 1. The number of nitrogens with zero attached hydrogens (tertiary/aromatic N) is 4. The average molecular weight is 668 g/mol. The van der Waals surface area contributed by atoms with E-state index in [0.717, 1.165) is 0 Å². The van der Waals surface area contributed by atoms with E-state index in [1.807, 2.05) is 23.6 Å². The Morgan fingerprint density at radius 2 is 1.91 bits per heavy atom. The molecule has 2 aromatic carbocycles. The first-order valence-electron chi connectivity index (χ1n) is 13.3. The summed E-state index contributed by atoms with van der Waals surface area (Å²) in [5, 5.41) is 11.1. The summed E-state index contributed by atoms with van der Waals surface area (Å²) in [5.74, 6) is 0.384. The van der Waals surface area contributed by atoms with Gasteiger partial charge in [-0.05, 0) is 68.8 Å². The van der Waals surface area contributed by atoms with E-state index in [0.29, 0.717) is 54.6 Å². The van der Waals surface area contributed by atoms with Crippen LogP contribution in [0, 0.1) is 10.1 Å². The number of methoxy groups -OCH3 is 1. The van der Waals surface area contributed by atoms with Crippen molar-refractivity contribution in [1.29, 1.82) is 0 Å². The normalized spacial score (nSPS) is 14.7. The number of hydrogen-bond acceptors (Lipinski definition) is 9. The molecule has 0 radical (unpaired) electrons. The third-order valence-corrected chi connectivity index (χ3v) is 8.46. The van der Waals surface area contributed by atoms with Gasteiger partial charge in [-0.25, -0.2) is 9.79 Å². The van der Waals surface area contributed by atoms with Crippen LogP contribution in [-0.2, 0) is 9.53 Å². The Bertz CT molecular complexity index is 1940. The molecule has 1 aliphatic rings. The first kappa shape index (κ1) is 30.0. The van der Waals surface area contributed by atoms with Gasteiger partial charge in [0.1, 0.15) is 0 Å².